The molecule has 1 N–H and O–H groups in total. The Morgan fingerprint density at radius 3 is 2.65 bits per heavy atom. The third-order valence-corrected chi connectivity index (χ3v) is 4.26. The number of halogens is 1. The summed E-state index contributed by atoms with van der Waals surface area (Å²) in [5.74, 6) is -0.380. The number of rotatable bonds is 3. The summed E-state index contributed by atoms with van der Waals surface area (Å²) in [7, 11) is 0. The first-order valence-electron chi connectivity index (χ1n) is 7.84. The number of carbonyl (C=O) groups excluding carboxylic acids is 1. The van der Waals surface area contributed by atoms with Crippen molar-refractivity contribution < 1.29 is 9.18 Å². The Morgan fingerprint density at radius 1 is 1.22 bits per heavy atom. The van der Waals surface area contributed by atoms with Gasteiger partial charge in [0.15, 0.2) is 0 Å². The topological polar surface area (TPSA) is 41.5 Å². The molecule has 2 aromatic carbocycles. The van der Waals surface area contributed by atoms with Crippen molar-refractivity contribution in [3.05, 3.63) is 65.5 Å². The molecule has 2 atom stereocenters. The van der Waals surface area contributed by atoms with Gasteiger partial charge in [0, 0.05) is 11.1 Å². The first-order chi connectivity index (χ1) is 11.1. The van der Waals surface area contributed by atoms with Gasteiger partial charge in [-0.2, -0.15) is 0 Å². The number of nitrogens with zero attached hydrogens (tertiary/aromatic N) is 1. The largest absolute Gasteiger partial charge is 0.324 e. The van der Waals surface area contributed by atoms with Crippen LogP contribution in [0.1, 0.15) is 31.4 Å². The van der Waals surface area contributed by atoms with Gasteiger partial charge in [0.05, 0.1) is 11.4 Å². The van der Waals surface area contributed by atoms with Gasteiger partial charge >= 0.3 is 0 Å². The minimum absolute atomic E-state index is 0.105. The van der Waals surface area contributed by atoms with Crippen LogP contribution in [0, 0.1) is 11.7 Å². The van der Waals surface area contributed by atoms with Crippen LogP contribution in [0.2, 0.25) is 0 Å². The second-order valence-corrected chi connectivity index (χ2v) is 5.85. The van der Waals surface area contributed by atoms with E-state index in [-0.39, 0.29) is 17.6 Å². The van der Waals surface area contributed by atoms with Crippen LogP contribution in [0.3, 0.4) is 0 Å². The third-order valence-electron chi connectivity index (χ3n) is 4.26. The summed E-state index contributed by atoms with van der Waals surface area (Å²) in [6.45, 7) is 4.04. The van der Waals surface area contributed by atoms with Gasteiger partial charge in [0.2, 0.25) is 5.91 Å². The summed E-state index contributed by atoms with van der Waals surface area (Å²) >= 11 is 0. The van der Waals surface area contributed by atoms with E-state index in [1.54, 1.807) is 6.07 Å². The van der Waals surface area contributed by atoms with Crippen molar-refractivity contribution in [1.29, 1.82) is 0 Å². The fourth-order valence-corrected chi connectivity index (χ4v) is 2.73. The number of benzene rings is 2. The molecule has 0 radical (unpaired) electrons. The Bertz CT molecular complexity index is 755. The van der Waals surface area contributed by atoms with Crippen molar-refractivity contribution in [3.8, 4) is 0 Å². The molecule has 23 heavy (non-hydrogen) atoms. The van der Waals surface area contributed by atoms with E-state index in [9.17, 15) is 9.18 Å². The summed E-state index contributed by atoms with van der Waals surface area (Å²) in [5, 5.41) is 2.89. The molecule has 1 aliphatic heterocycles. The quantitative estimate of drug-likeness (QED) is 0.913. The molecule has 0 unspecified atom stereocenters. The van der Waals surface area contributed by atoms with Crippen molar-refractivity contribution in [2.75, 3.05) is 5.32 Å². The van der Waals surface area contributed by atoms with E-state index in [0.29, 0.717) is 17.0 Å². The number of carbonyl (C=O) groups is 1. The maximum Gasteiger partial charge on any atom is 0.249 e. The predicted octanol–water partition coefficient (Wildman–Crippen LogP) is 4.03. The molecule has 1 aliphatic rings. The highest BCUT2D eigenvalue weighted by atomic mass is 19.1. The van der Waals surface area contributed by atoms with Gasteiger partial charge in [-0.05, 0) is 24.1 Å². The molecule has 118 valence electrons. The molecule has 4 heteroatoms. The van der Waals surface area contributed by atoms with E-state index < -0.39 is 6.04 Å². The summed E-state index contributed by atoms with van der Waals surface area (Å²) in [6.07, 6.45) is 0.842. The lowest BCUT2D eigenvalue weighted by molar-refractivity contribution is -0.118. The first-order valence-corrected chi connectivity index (χ1v) is 7.84. The molecule has 0 saturated carbocycles. The minimum atomic E-state index is -0.481. The number of hydrogen-bond donors (Lipinski definition) is 1. The zero-order chi connectivity index (χ0) is 16.4. The van der Waals surface area contributed by atoms with Crippen molar-refractivity contribution in [2.24, 2.45) is 10.9 Å². The fraction of sp³-hybridized carbons (Fsp3) is 0.263. The van der Waals surface area contributed by atoms with Crippen LogP contribution in [0.25, 0.3) is 0 Å². The summed E-state index contributed by atoms with van der Waals surface area (Å²) in [5.41, 5.74) is 2.76. The van der Waals surface area contributed by atoms with E-state index in [1.165, 1.54) is 12.1 Å². The molecule has 0 aliphatic carbocycles. The second kappa shape index (κ2) is 6.32. The van der Waals surface area contributed by atoms with Crippen LogP contribution in [0.5, 0.6) is 0 Å². The average Bonchev–Trinajstić information content (AvgIpc) is 2.71. The molecule has 2 aromatic rings. The van der Waals surface area contributed by atoms with Gasteiger partial charge in [-0.15, -0.1) is 0 Å². The normalized spacial score (nSPS) is 18.5. The van der Waals surface area contributed by atoms with Crippen molar-refractivity contribution in [3.63, 3.8) is 0 Å². The number of benzodiazepines with no additional fused rings is 1. The third kappa shape index (κ3) is 3.02. The van der Waals surface area contributed by atoms with Crippen LogP contribution >= 0.6 is 0 Å². The summed E-state index contributed by atoms with van der Waals surface area (Å²) in [4.78, 5) is 17.2. The van der Waals surface area contributed by atoms with E-state index in [1.807, 2.05) is 44.2 Å². The lowest BCUT2D eigenvalue weighted by Crippen LogP contribution is -2.31. The predicted molar refractivity (Wildman–Crippen MR) is 90.4 cm³/mol. The minimum Gasteiger partial charge on any atom is -0.324 e. The van der Waals surface area contributed by atoms with E-state index >= 15 is 0 Å². The summed E-state index contributed by atoms with van der Waals surface area (Å²) in [6, 6.07) is 13.5. The van der Waals surface area contributed by atoms with Crippen molar-refractivity contribution in [2.45, 2.75) is 26.3 Å². The second-order valence-electron chi connectivity index (χ2n) is 5.85. The van der Waals surface area contributed by atoms with Crippen LogP contribution in [-0.4, -0.2) is 17.7 Å². The lowest BCUT2D eigenvalue weighted by atomic mass is 9.98. The Balaban J connectivity index is 2.21. The molecule has 1 heterocycles. The van der Waals surface area contributed by atoms with Crippen LogP contribution < -0.4 is 5.32 Å². The first kappa shape index (κ1) is 15.4. The SMILES string of the molecule is CC[C@H](C)[C@@H]1N=C(c2ccccc2)c2cc(F)ccc2NC1=O. The standard InChI is InChI=1S/C19H19FN2O/c1-3-12(2)17-19(23)21-16-10-9-14(20)11-15(16)18(22-17)13-7-5-4-6-8-13/h4-12,17H,3H2,1-2H3,(H,21,23)/t12-,17-/m0/s1. The number of nitrogens with one attached hydrogen (secondary N) is 1. The number of hydrogen-bond acceptors (Lipinski definition) is 2. The molecule has 1 amide bonds. The number of anilines is 1. The molecular formula is C19H19FN2O. The van der Waals surface area contributed by atoms with Crippen LogP contribution in [-0.2, 0) is 4.79 Å². The average molecular weight is 310 g/mol. The highest BCUT2D eigenvalue weighted by molar-refractivity contribution is 6.19. The Labute approximate surface area is 135 Å². The Hall–Kier alpha value is -2.49. The molecule has 0 spiro atoms. The maximum absolute atomic E-state index is 13.8. The van der Waals surface area contributed by atoms with Gasteiger partial charge in [-0.3, -0.25) is 9.79 Å². The van der Waals surface area contributed by atoms with Crippen molar-refractivity contribution in [1.82, 2.24) is 0 Å². The number of aliphatic imine (C=N–C) groups is 1. The van der Waals surface area contributed by atoms with E-state index in [4.69, 9.17) is 4.99 Å². The molecule has 0 saturated heterocycles. The molecule has 0 bridgehead atoms. The van der Waals surface area contributed by atoms with E-state index in [2.05, 4.69) is 5.32 Å². The maximum atomic E-state index is 13.8. The van der Waals surface area contributed by atoms with Crippen LogP contribution in [0.15, 0.2) is 53.5 Å². The van der Waals surface area contributed by atoms with E-state index in [0.717, 1.165) is 12.0 Å². The molecular weight excluding hydrogens is 291 g/mol. The Kier molecular flexibility index (Phi) is 4.24. The monoisotopic (exact) mass is 310 g/mol. The highest BCUT2D eigenvalue weighted by Crippen LogP contribution is 2.27. The summed E-state index contributed by atoms with van der Waals surface area (Å²) < 4.78 is 13.8. The zero-order valence-electron chi connectivity index (χ0n) is 13.2. The Morgan fingerprint density at radius 2 is 1.96 bits per heavy atom. The zero-order valence-corrected chi connectivity index (χ0v) is 13.2. The smallest absolute Gasteiger partial charge is 0.249 e. The van der Waals surface area contributed by atoms with Gasteiger partial charge in [0.25, 0.3) is 0 Å². The molecule has 0 aromatic heterocycles. The highest BCUT2D eigenvalue weighted by Gasteiger charge is 2.29. The van der Waals surface area contributed by atoms with Gasteiger partial charge in [-0.25, -0.2) is 4.39 Å². The number of fused-ring (bicyclic) bond motifs is 1. The van der Waals surface area contributed by atoms with Crippen LogP contribution in [0.4, 0.5) is 10.1 Å². The van der Waals surface area contributed by atoms with Gasteiger partial charge in [-0.1, -0.05) is 50.6 Å². The van der Waals surface area contributed by atoms with Gasteiger partial charge in [0.1, 0.15) is 11.9 Å². The lowest BCUT2D eigenvalue weighted by Gasteiger charge is -2.17. The fourth-order valence-electron chi connectivity index (χ4n) is 2.73. The van der Waals surface area contributed by atoms with Crippen molar-refractivity contribution >= 4 is 17.3 Å². The molecule has 0 fully saturated rings. The molecule has 3 rings (SSSR count). The molecule has 3 nitrogen and oxygen atoms in total. The number of amides is 1. The van der Waals surface area contributed by atoms with Gasteiger partial charge < -0.3 is 5.32 Å².